The van der Waals surface area contributed by atoms with Gasteiger partial charge in [0.1, 0.15) is 5.82 Å². The van der Waals surface area contributed by atoms with Crippen molar-refractivity contribution < 1.29 is 9.53 Å². The molecule has 0 aliphatic carbocycles. The van der Waals surface area contributed by atoms with Crippen molar-refractivity contribution in [3.63, 3.8) is 0 Å². The first kappa shape index (κ1) is 20.9. The maximum Gasteiger partial charge on any atom is 0.257 e. The van der Waals surface area contributed by atoms with Gasteiger partial charge >= 0.3 is 0 Å². The third-order valence-corrected chi connectivity index (χ3v) is 4.47. The van der Waals surface area contributed by atoms with Crippen molar-refractivity contribution in [3.05, 3.63) is 53.2 Å². The molecule has 0 saturated carbocycles. The van der Waals surface area contributed by atoms with Crippen LogP contribution >= 0.6 is 0 Å². The van der Waals surface area contributed by atoms with E-state index in [9.17, 15) is 4.79 Å². The lowest BCUT2D eigenvalue weighted by Gasteiger charge is -2.20. The lowest BCUT2D eigenvalue weighted by molar-refractivity contribution is 0.102. The number of ether oxygens (including phenoxy) is 1. The average Bonchev–Trinajstić information content (AvgIpc) is 2.65. The molecule has 146 valence electrons. The zero-order chi connectivity index (χ0) is 19.8. The highest BCUT2D eigenvalue weighted by atomic mass is 16.5. The second-order valence-corrected chi connectivity index (χ2v) is 7.28. The molecular formula is C22H31N3O2. The van der Waals surface area contributed by atoms with Crippen molar-refractivity contribution in [1.29, 1.82) is 0 Å². The fourth-order valence-electron chi connectivity index (χ4n) is 2.95. The van der Waals surface area contributed by atoms with Gasteiger partial charge in [0.25, 0.3) is 5.91 Å². The summed E-state index contributed by atoms with van der Waals surface area (Å²) in [6.45, 7) is 10.1. The van der Waals surface area contributed by atoms with Crippen LogP contribution in [0.4, 0.5) is 11.5 Å². The van der Waals surface area contributed by atoms with Gasteiger partial charge in [0.15, 0.2) is 0 Å². The quantitative estimate of drug-likeness (QED) is 0.609. The molecule has 5 heteroatoms. The topological polar surface area (TPSA) is 63.2 Å². The Morgan fingerprint density at radius 1 is 1.07 bits per heavy atom. The number of amides is 1. The summed E-state index contributed by atoms with van der Waals surface area (Å²) in [5.74, 6) is 1.28. The molecule has 1 amide bonds. The Balaban J connectivity index is 2.13. The van der Waals surface area contributed by atoms with Crippen LogP contribution in [0.25, 0.3) is 0 Å². The van der Waals surface area contributed by atoms with E-state index in [4.69, 9.17) is 4.74 Å². The fraction of sp³-hybridized carbons (Fsp3) is 0.455. The SMILES string of the molecule is COCCCNc1ccc(C(=O)Nc2c(C(C)C)cccc2C(C)C)cn1. The molecule has 5 nitrogen and oxygen atoms in total. The van der Waals surface area contributed by atoms with Gasteiger partial charge in [-0.3, -0.25) is 4.79 Å². The summed E-state index contributed by atoms with van der Waals surface area (Å²) in [7, 11) is 1.69. The molecule has 2 N–H and O–H groups in total. The molecule has 2 rings (SSSR count). The van der Waals surface area contributed by atoms with Crippen molar-refractivity contribution in [2.24, 2.45) is 0 Å². The van der Waals surface area contributed by atoms with Gasteiger partial charge in [-0.25, -0.2) is 4.98 Å². The lowest BCUT2D eigenvalue weighted by Crippen LogP contribution is -2.16. The summed E-state index contributed by atoms with van der Waals surface area (Å²) in [4.78, 5) is 17.1. The largest absolute Gasteiger partial charge is 0.385 e. The van der Waals surface area contributed by atoms with Crippen molar-refractivity contribution in [3.8, 4) is 0 Å². The molecule has 0 atom stereocenters. The number of rotatable bonds is 9. The van der Waals surface area contributed by atoms with E-state index in [1.807, 2.05) is 6.07 Å². The molecule has 0 aliphatic heterocycles. The molecule has 1 aromatic carbocycles. The van der Waals surface area contributed by atoms with E-state index in [-0.39, 0.29) is 5.91 Å². The number of para-hydroxylation sites is 1. The second kappa shape index (κ2) is 10.1. The van der Waals surface area contributed by atoms with Gasteiger partial charge in [0.2, 0.25) is 0 Å². The first-order valence-electron chi connectivity index (χ1n) is 9.57. The maximum absolute atomic E-state index is 12.8. The molecule has 0 spiro atoms. The zero-order valence-electron chi connectivity index (χ0n) is 17.0. The van der Waals surface area contributed by atoms with Gasteiger partial charge in [0, 0.05) is 32.1 Å². The first-order chi connectivity index (χ1) is 12.9. The number of anilines is 2. The number of benzene rings is 1. The molecule has 27 heavy (non-hydrogen) atoms. The highest BCUT2D eigenvalue weighted by molar-refractivity contribution is 6.05. The van der Waals surface area contributed by atoms with Crippen molar-refractivity contribution in [2.45, 2.75) is 46.0 Å². The number of carbonyl (C=O) groups excluding carboxylic acids is 1. The molecule has 1 aromatic heterocycles. The maximum atomic E-state index is 12.8. The molecule has 2 aromatic rings. The van der Waals surface area contributed by atoms with Crippen LogP contribution in [0, 0.1) is 0 Å². The van der Waals surface area contributed by atoms with Crippen molar-refractivity contribution in [1.82, 2.24) is 4.98 Å². The molecule has 0 radical (unpaired) electrons. The number of pyridine rings is 1. The van der Waals surface area contributed by atoms with Gasteiger partial charge < -0.3 is 15.4 Å². The van der Waals surface area contributed by atoms with E-state index in [0.717, 1.165) is 35.6 Å². The monoisotopic (exact) mass is 369 g/mol. The number of hydrogen-bond acceptors (Lipinski definition) is 4. The summed E-state index contributed by atoms with van der Waals surface area (Å²) in [6.07, 6.45) is 2.52. The Kier molecular flexibility index (Phi) is 7.80. The van der Waals surface area contributed by atoms with Crippen molar-refractivity contribution >= 4 is 17.4 Å². The van der Waals surface area contributed by atoms with Gasteiger partial charge in [0.05, 0.1) is 5.56 Å². The van der Waals surface area contributed by atoms with E-state index >= 15 is 0 Å². The number of nitrogens with zero attached hydrogens (tertiary/aromatic N) is 1. The molecule has 0 fully saturated rings. The summed E-state index contributed by atoms with van der Waals surface area (Å²) in [5, 5.41) is 6.34. The standard InChI is InChI=1S/C22H31N3O2/c1-15(2)18-8-6-9-19(16(3)4)21(18)25-22(26)17-10-11-20(24-14-17)23-12-7-13-27-5/h6,8-11,14-16H,7,12-13H2,1-5H3,(H,23,24)(H,25,26). The second-order valence-electron chi connectivity index (χ2n) is 7.28. The van der Waals surface area contributed by atoms with E-state index in [1.54, 1.807) is 19.4 Å². The van der Waals surface area contributed by atoms with Crippen LogP contribution in [0.1, 0.15) is 67.4 Å². The number of carbonyl (C=O) groups is 1. The molecule has 0 aliphatic rings. The van der Waals surface area contributed by atoms with Gasteiger partial charge in [-0.2, -0.15) is 0 Å². The third kappa shape index (κ3) is 5.79. The Hall–Kier alpha value is -2.40. The van der Waals surface area contributed by atoms with Crippen LogP contribution in [0.2, 0.25) is 0 Å². The van der Waals surface area contributed by atoms with Crippen LogP contribution in [0.3, 0.4) is 0 Å². The van der Waals surface area contributed by atoms with E-state index in [1.165, 1.54) is 0 Å². The summed E-state index contributed by atoms with van der Waals surface area (Å²) >= 11 is 0. The predicted molar refractivity (Wildman–Crippen MR) is 112 cm³/mol. The van der Waals surface area contributed by atoms with E-state index in [2.05, 4.69) is 61.5 Å². The molecular weight excluding hydrogens is 338 g/mol. The van der Waals surface area contributed by atoms with Crippen LogP contribution < -0.4 is 10.6 Å². The first-order valence-corrected chi connectivity index (χ1v) is 9.57. The summed E-state index contributed by atoms with van der Waals surface area (Å²) in [5.41, 5.74) is 3.78. The minimum Gasteiger partial charge on any atom is -0.385 e. The Labute approximate surface area is 162 Å². The summed E-state index contributed by atoms with van der Waals surface area (Å²) in [6, 6.07) is 9.86. The molecule has 0 bridgehead atoms. The molecule has 1 heterocycles. The average molecular weight is 370 g/mol. The zero-order valence-corrected chi connectivity index (χ0v) is 17.0. The van der Waals surface area contributed by atoms with E-state index in [0.29, 0.717) is 24.0 Å². The normalized spacial score (nSPS) is 11.1. The smallest absolute Gasteiger partial charge is 0.257 e. The van der Waals surface area contributed by atoms with Crippen molar-refractivity contribution in [2.75, 3.05) is 30.9 Å². The molecule has 0 unspecified atom stereocenters. The molecule has 0 saturated heterocycles. The highest BCUT2D eigenvalue weighted by Gasteiger charge is 2.17. The summed E-state index contributed by atoms with van der Waals surface area (Å²) < 4.78 is 5.03. The van der Waals surface area contributed by atoms with Gasteiger partial charge in [-0.1, -0.05) is 45.9 Å². The van der Waals surface area contributed by atoms with Crippen LogP contribution in [-0.2, 0) is 4.74 Å². The predicted octanol–water partition coefficient (Wildman–Crippen LogP) is 5.03. The fourth-order valence-corrected chi connectivity index (χ4v) is 2.95. The minimum absolute atomic E-state index is 0.136. The van der Waals surface area contributed by atoms with Crippen LogP contribution in [-0.4, -0.2) is 31.2 Å². The van der Waals surface area contributed by atoms with Gasteiger partial charge in [-0.05, 0) is 41.5 Å². The van der Waals surface area contributed by atoms with Crippen LogP contribution in [0.15, 0.2) is 36.5 Å². The Morgan fingerprint density at radius 3 is 2.26 bits per heavy atom. The Morgan fingerprint density at radius 2 is 1.74 bits per heavy atom. The minimum atomic E-state index is -0.136. The van der Waals surface area contributed by atoms with E-state index < -0.39 is 0 Å². The number of methoxy groups -OCH3 is 1. The van der Waals surface area contributed by atoms with Crippen LogP contribution in [0.5, 0.6) is 0 Å². The lowest BCUT2D eigenvalue weighted by atomic mass is 9.92. The third-order valence-electron chi connectivity index (χ3n) is 4.47. The highest BCUT2D eigenvalue weighted by Crippen LogP contribution is 2.32. The number of aromatic nitrogens is 1. The number of hydrogen-bond donors (Lipinski definition) is 2. The van der Waals surface area contributed by atoms with Gasteiger partial charge in [-0.15, -0.1) is 0 Å². The number of nitrogens with one attached hydrogen (secondary N) is 2. The Bertz CT molecular complexity index is 713.